The summed E-state index contributed by atoms with van der Waals surface area (Å²) in [6.07, 6.45) is 8.61. The van der Waals surface area contributed by atoms with Gasteiger partial charge in [-0.2, -0.15) is 0 Å². The van der Waals surface area contributed by atoms with E-state index in [1.165, 1.54) is 17.5 Å². The lowest BCUT2D eigenvalue weighted by atomic mass is 9.86. The minimum atomic E-state index is 0.209. The van der Waals surface area contributed by atoms with E-state index in [0.29, 0.717) is 12.0 Å². The quantitative estimate of drug-likeness (QED) is 0.599. The molecule has 1 amide bonds. The van der Waals surface area contributed by atoms with Crippen molar-refractivity contribution in [3.63, 3.8) is 0 Å². The maximum Gasteiger partial charge on any atom is 0.254 e. The molecule has 0 bridgehead atoms. The Morgan fingerprint density at radius 3 is 2.60 bits per heavy atom. The van der Waals surface area contributed by atoms with E-state index in [2.05, 4.69) is 31.2 Å². The number of fused-ring (bicyclic) bond motifs is 1. The van der Waals surface area contributed by atoms with Crippen molar-refractivity contribution < 1.29 is 4.79 Å². The number of nitrogens with zero attached hydrogens (tertiary/aromatic N) is 4. The normalized spacial score (nSPS) is 21.0. The summed E-state index contributed by atoms with van der Waals surface area (Å²) in [5.74, 6) is 1.85. The minimum Gasteiger partial charge on any atom is -0.355 e. The summed E-state index contributed by atoms with van der Waals surface area (Å²) >= 11 is 1.72. The molecule has 0 saturated carbocycles. The Hall–Kier alpha value is -2.47. The van der Waals surface area contributed by atoms with Crippen LogP contribution in [0.5, 0.6) is 0 Å². The van der Waals surface area contributed by atoms with E-state index in [1.807, 2.05) is 30.3 Å². The van der Waals surface area contributed by atoms with Gasteiger partial charge >= 0.3 is 0 Å². The molecule has 0 spiro atoms. The molecule has 1 aromatic carbocycles. The van der Waals surface area contributed by atoms with E-state index in [-0.39, 0.29) is 5.91 Å². The second-order valence-electron chi connectivity index (χ2n) is 8.44. The van der Waals surface area contributed by atoms with E-state index in [0.717, 1.165) is 62.2 Å². The van der Waals surface area contributed by atoms with Gasteiger partial charge in [0.25, 0.3) is 5.91 Å². The van der Waals surface area contributed by atoms with Crippen LogP contribution in [-0.4, -0.2) is 46.5 Å². The lowest BCUT2D eigenvalue weighted by molar-refractivity contribution is 0.0588. The summed E-state index contributed by atoms with van der Waals surface area (Å²) in [7, 11) is 0. The van der Waals surface area contributed by atoms with E-state index < -0.39 is 0 Å². The molecule has 2 fully saturated rings. The summed E-state index contributed by atoms with van der Waals surface area (Å²) in [6, 6.07) is 12.2. The van der Waals surface area contributed by atoms with Crippen LogP contribution < -0.4 is 4.90 Å². The van der Waals surface area contributed by atoms with Gasteiger partial charge in [0.1, 0.15) is 12.1 Å². The van der Waals surface area contributed by atoms with E-state index >= 15 is 0 Å². The van der Waals surface area contributed by atoms with Gasteiger partial charge in [-0.05, 0) is 55.2 Å². The molecule has 3 aromatic rings. The highest BCUT2D eigenvalue weighted by Gasteiger charge is 2.34. The summed E-state index contributed by atoms with van der Waals surface area (Å²) in [5, 5.41) is 2.09. The van der Waals surface area contributed by atoms with Crippen molar-refractivity contribution in [3.05, 3.63) is 53.7 Å². The lowest BCUT2D eigenvalue weighted by Crippen LogP contribution is -2.48. The summed E-state index contributed by atoms with van der Waals surface area (Å²) < 4.78 is 1.19. The molecule has 0 radical (unpaired) electrons. The first-order chi connectivity index (χ1) is 14.8. The van der Waals surface area contributed by atoms with E-state index in [1.54, 1.807) is 17.7 Å². The Kier molecular flexibility index (Phi) is 5.67. The largest absolute Gasteiger partial charge is 0.355 e. The highest BCUT2D eigenvalue weighted by molar-refractivity contribution is 7.17. The standard InChI is InChI=1S/C24H28N4OS/c29-24(19-7-3-1-4-8-19)28-13-6-2-5-9-21(28)18-10-14-27(15-11-18)23-22-20(12-16-30-22)25-17-26-23/h1,3-4,7-8,12,16-18,21H,2,5-6,9-11,13-15H2/t21-/m0/s1. The first kappa shape index (κ1) is 19.5. The molecule has 5 rings (SSSR count). The van der Waals surface area contributed by atoms with Crippen molar-refractivity contribution >= 4 is 33.3 Å². The molecular weight excluding hydrogens is 392 g/mol. The zero-order valence-corrected chi connectivity index (χ0v) is 18.1. The monoisotopic (exact) mass is 420 g/mol. The van der Waals surface area contributed by atoms with Crippen molar-refractivity contribution in [2.45, 2.75) is 44.6 Å². The molecule has 0 unspecified atom stereocenters. The maximum atomic E-state index is 13.3. The molecule has 0 aliphatic carbocycles. The predicted octanol–water partition coefficient (Wildman–Crippen LogP) is 4.99. The number of anilines is 1. The molecule has 2 aliphatic rings. The number of carbonyl (C=O) groups is 1. The maximum absolute atomic E-state index is 13.3. The molecule has 156 valence electrons. The van der Waals surface area contributed by atoms with Crippen LogP contribution in [0.3, 0.4) is 0 Å². The molecule has 2 aromatic heterocycles. The van der Waals surface area contributed by atoms with Crippen molar-refractivity contribution in [1.82, 2.24) is 14.9 Å². The van der Waals surface area contributed by atoms with Crippen LogP contribution in [0.2, 0.25) is 0 Å². The third kappa shape index (κ3) is 3.81. The van der Waals surface area contributed by atoms with Crippen LogP contribution in [0.1, 0.15) is 48.9 Å². The van der Waals surface area contributed by atoms with Crippen molar-refractivity contribution in [3.8, 4) is 0 Å². The van der Waals surface area contributed by atoms with Crippen LogP contribution in [0, 0.1) is 5.92 Å². The van der Waals surface area contributed by atoms with Crippen molar-refractivity contribution in [2.75, 3.05) is 24.5 Å². The number of aromatic nitrogens is 2. The summed E-state index contributed by atoms with van der Waals surface area (Å²) in [6.45, 7) is 2.89. The van der Waals surface area contributed by atoms with Gasteiger partial charge in [0.05, 0.1) is 10.2 Å². The zero-order chi connectivity index (χ0) is 20.3. The fourth-order valence-corrected chi connectivity index (χ4v) is 5.98. The number of amides is 1. The lowest BCUT2D eigenvalue weighted by Gasteiger charge is -2.41. The fraction of sp³-hybridized carbons (Fsp3) is 0.458. The van der Waals surface area contributed by atoms with Gasteiger partial charge in [-0.25, -0.2) is 9.97 Å². The highest BCUT2D eigenvalue weighted by atomic mass is 32.1. The van der Waals surface area contributed by atoms with Gasteiger partial charge < -0.3 is 9.80 Å². The Balaban J connectivity index is 1.32. The average Bonchev–Trinajstić information content (AvgIpc) is 3.16. The molecule has 5 nitrogen and oxygen atoms in total. The van der Waals surface area contributed by atoms with E-state index in [4.69, 9.17) is 0 Å². The molecule has 0 N–H and O–H groups in total. The van der Waals surface area contributed by atoms with Gasteiger partial charge in [-0.15, -0.1) is 11.3 Å². The van der Waals surface area contributed by atoms with Gasteiger partial charge in [0, 0.05) is 31.2 Å². The first-order valence-corrected chi connectivity index (χ1v) is 12.0. The Morgan fingerprint density at radius 1 is 0.933 bits per heavy atom. The zero-order valence-electron chi connectivity index (χ0n) is 17.2. The van der Waals surface area contributed by atoms with E-state index in [9.17, 15) is 4.79 Å². The summed E-state index contributed by atoms with van der Waals surface area (Å²) in [5.41, 5.74) is 1.86. The van der Waals surface area contributed by atoms with Crippen LogP contribution in [0.25, 0.3) is 10.2 Å². The molecule has 4 heterocycles. The number of likely N-dealkylation sites (tertiary alicyclic amines) is 1. The van der Waals surface area contributed by atoms with Crippen molar-refractivity contribution in [2.24, 2.45) is 5.92 Å². The number of thiophene rings is 1. The molecule has 30 heavy (non-hydrogen) atoms. The molecule has 6 heteroatoms. The second kappa shape index (κ2) is 8.72. The first-order valence-electron chi connectivity index (χ1n) is 11.1. The molecule has 1 atom stereocenters. The second-order valence-corrected chi connectivity index (χ2v) is 9.35. The Morgan fingerprint density at radius 2 is 1.77 bits per heavy atom. The molecule has 2 aliphatic heterocycles. The number of carbonyl (C=O) groups excluding carboxylic acids is 1. The van der Waals surface area contributed by atoms with Crippen LogP contribution in [-0.2, 0) is 0 Å². The number of piperidine rings is 1. The average molecular weight is 421 g/mol. The fourth-order valence-electron chi connectivity index (χ4n) is 5.12. The van der Waals surface area contributed by atoms with Gasteiger partial charge in [-0.1, -0.05) is 31.0 Å². The predicted molar refractivity (Wildman–Crippen MR) is 122 cm³/mol. The number of rotatable bonds is 3. The minimum absolute atomic E-state index is 0.209. The smallest absolute Gasteiger partial charge is 0.254 e. The Bertz CT molecular complexity index is 997. The number of benzene rings is 1. The van der Waals surface area contributed by atoms with Crippen molar-refractivity contribution in [1.29, 1.82) is 0 Å². The summed E-state index contributed by atoms with van der Waals surface area (Å²) in [4.78, 5) is 26.9. The molecular formula is C24H28N4OS. The van der Waals surface area contributed by atoms with Gasteiger partial charge in [0.2, 0.25) is 0 Å². The van der Waals surface area contributed by atoms with Crippen LogP contribution in [0.15, 0.2) is 48.1 Å². The highest BCUT2D eigenvalue weighted by Crippen LogP contribution is 2.34. The Labute approximate surface area is 181 Å². The van der Waals surface area contributed by atoms with Crippen LogP contribution >= 0.6 is 11.3 Å². The van der Waals surface area contributed by atoms with Gasteiger partial charge in [0.15, 0.2) is 0 Å². The topological polar surface area (TPSA) is 49.3 Å². The van der Waals surface area contributed by atoms with Crippen LogP contribution in [0.4, 0.5) is 5.82 Å². The number of hydrogen-bond donors (Lipinski definition) is 0. The SMILES string of the molecule is O=C(c1ccccc1)N1CCCCC[C@H]1C1CCN(c2ncnc3ccsc23)CC1. The third-order valence-corrected chi connectivity index (χ3v) is 7.59. The third-order valence-electron chi connectivity index (χ3n) is 6.69. The molecule has 2 saturated heterocycles. The number of hydrogen-bond acceptors (Lipinski definition) is 5. The van der Waals surface area contributed by atoms with Gasteiger partial charge in [-0.3, -0.25) is 4.79 Å².